The summed E-state index contributed by atoms with van der Waals surface area (Å²) in [5.74, 6) is -0.591. The number of carbonyl (C=O) groups is 1. The zero-order chi connectivity index (χ0) is 15.7. The van der Waals surface area contributed by atoms with Crippen molar-refractivity contribution in [3.63, 3.8) is 0 Å². The third kappa shape index (κ3) is 2.88. The first-order valence-electron chi connectivity index (χ1n) is 6.02. The van der Waals surface area contributed by atoms with E-state index in [1.807, 2.05) is 5.32 Å². The summed E-state index contributed by atoms with van der Waals surface area (Å²) in [5, 5.41) is 11.0. The van der Waals surface area contributed by atoms with Crippen LogP contribution in [0.1, 0.15) is 0 Å². The lowest BCUT2D eigenvalue weighted by atomic mass is 10.3. The smallest absolute Gasteiger partial charge is 0.409 e. The Morgan fingerprint density at radius 3 is 2.86 bits per heavy atom. The zero-order valence-electron chi connectivity index (χ0n) is 10.9. The number of nitrogens with zero attached hydrogens (tertiary/aromatic N) is 2. The summed E-state index contributed by atoms with van der Waals surface area (Å²) in [4.78, 5) is 19.3. The van der Waals surface area contributed by atoms with Gasteiger partial charge in [0.15, 0.2) is 16.7 Å². The van der Waals surface area contributed by atoms with Gasteiger partial charge in [0.25, 0.3) is 0 Å². The number of nitrogens with two attached hydrogens (primary N) is 1. The topological polar surface area (TPSA) is 110 Å². The number of rotatable bonds is 3. The number of benzene rings is 1. The second-order valence-electron chi connectivity index (χ2n) is 4.20. The van der Waals surface area contributed by atoms with Crippen molar-refractivity contribution in [2.45, 2.75) is 0 Å². The minimum atomic E-state index is -1.28. The molecule has 22 heavy (non-hydrogen) atoms. The molecule has 3 rings (SSSR count). The van der Waals surface area contributed by atoms with Gasteiger partial charge in [-0.3, -0.25) is 5.32 Å². The molecular weight excluding hydrogens is 311 g/mol. The molecule has 0 fully saturated rings. The molecule has 2 aromatic heterocycles. The Balaban J connectivity index is 1.86. The average molecular weight is 320 g/mol. The number of anilines is 2. The van der Waals surface area contributed by atoms with Crippen molar-refractivity contribution in [2.24, 2.45) is 0 Å². The lowest BCUT2D eigenvalue weighted by molar-refractivity contribution is 0.209. The van der Waals surface area contributed by atoms with Crippen molar-refractivity contribution in [3.05, 3.63) is 36.1 Å². The minimum absolute atomic E-state index is 0.0692. The molecule has 7 nitrogen and oxygen atoms in total. The molecule has 0 saturated carbocycles. The SMILES string of the molecule is Nc1nc2ccc(Oc3ccc(NC(=O)O)cc3F)nc2s1. The monoisotopic (exact) mass is 320 g/mol. The molecule has 1 aromatic carbocycles. The van der Waals surface area contributed by atoms with Crippen molar-refractivity contribution in [1.29, 1.82) is 0 Å². The van der Waals surface area contributed by atoms with Crippen LogP contribution in [-0.4, -0.2) is 21.2 Å². The van der Waals surface area contributed by atoms with E-state index in [1.54, 1.807) is 12.1 Å². The lowest BCUT2D eigenvalue weighted by Crippen LogP contribution is -2.07. The molecule has 0 radical (unpaired) electrons. The lowest BCUT2D eigenvalue weighted by Gasteiger charge is -2.07. The van der Waals surface area contributed by atoms with Gasteiger partial charge in [0.2, 0.25) is 5.88 Å². The first-order chi connectivity index (χ1) is 10.5. The average Bonchev–Trinajstić information content (AvgIpc) is 2.80. The van der Waals surface area contributed by atoms with Gasteiger partial charge in [-0.15, -0.1) is 0 Å². The summed E-state index contributed by atoms with van der Waals surface area (Å²) in [6.07, 6.45) is -1.28. The normalized spacial score (nSPS) is 10.6. The number of ether oxygens (including phenoxy) is 1. The van der Waals surface area contributed by atoms with E-state index >= 15 is 0 Å². The number of pyridine rings is 1. The highest BCUT2D eigenvalue weighted by Crippen LogP contribution is 2.29. The maximum Gasteiger partial charge on any atom is 0.409 e. The second kappa shape index (κ2) is 5.45. The number of aromatic nitrogens is 2. The Morgan fingerprint density at radius 2 is 2.14 bits per heavy atom. The number of carboxylic acid groups (broad SMARTS) is 1. The Labute approximate surface area is 127 Å². The van der Waals surface area contributed by atoms with Gasteiger partial charge >= 0.3 is 6.09 Å². The summed E-state index contributed by atoms with van der Waals surface area (Å²) in [7, 11) is 0. The number of thiazole rings is 1. The van der Waals surface area contributed by atoms with Crippen LogP contribution in [0.15, 0.2) is 30.3 Å². The van der Waals surface area contributed by atoms with E-state index < -0.39 is 11.9 Å². The van der Waals surface area contributed by atoms with E-state index in [-0.39, 0.29) is 17.3 Å². The van der Waals surface area contributed by atoms with Crippen molar-refractivity contribution < 1.29 is 19.0 Å². The molecule has 0 aliphatic carbocycles. The predicted molar refractivity (Wildman–Crippen MR) is 79.9 cm³/mol. The van der Waals surface area contributed by atoms with Gasteiger partial charge in [0.05, 0.1) is 0 Å². The number of nitrogen functional groups attached to an aromatic ring is 1. The standard InChI is InChI=1S/C13H9FN4O3S/c14-7-5-6(16-13(19)20)1-3-9(7)21-10-4-2-8-11(18-10)22-12(15)17-8/h1-5,16H,(H2,15,17)(H,19,20). The molecule has 0 saturated heterocycles. The first-order valence-corrected chi connectivity index (χ1v) is 6.83. The van der Waals surface area contributed by atoms with Crippen LogP contribution in [0.2, 0.25) is 0 Å². The van der Waals surface area contributed by atoms with Crippen LogP contribution in [-0.2, 0) is 0 Å². The summed E-state index contributed by atoms with van der Waals surface area (Å²) in [5.41, 5.74) is 6.33. The molecule has 0 aliphatic heterocycles. The molecule has 0 aliphatic rings. The van der Waals surface area contributed by atoms with Crippen molar-refractivity contribution >= 4 is 38.6 Å². The van der Waals surface area contributed by atoms with Crippen LogP contribution in [0.3, 0.4) is 0 Å². The van der Waals surface area contributed by atoms with E-state index in [0.717, 1.165) is 6.07 Å². The van der Waals surface area contributed by atoms with Crippen LogP contribution in [0.5, 0.6) is 11.6 Å². The van der Waals surface area contributed by atoms with Gasteiger partial charge in [0, 0.05) is 17.8 Å². The molecule has 0 unspecified atom stereocenters. The Kier molecular flexibility index (Phi) is 3.47. The molecule has 112 valence electrons. The number of nitrogens with one attached hydrogen (secondary N) is 1. The van der Waals surface area contributed by atoms with Crippen LogP contribution in [0.25, 0.3) is 10.3 Å². The molecule has 4 N–H and O–H groups in total. The second-order valence-corrected chi connectivity index (χ2v) is 5.21. The van der Waals surface area contributed by atoms with E-state index in [2.05, 4.69) is 9.97 Å². The highest BCUT2D eigenvalue weighted by atomic mass is 32.1. The summed E-state index contributed by atoms with van der Waals surface area (Å²) in [6, 6.07) is 6.93. The number of hydrogen-bond acceptors (Lipinski definition) is 6. The minimum Gasteiger partial charge on any atom is -0.465 e. The molecule has 0 atom stereocenters. The van der Waals surface area contributed by atoms with Crippen LogP contribution < -0.4 is 15.8 Å². The van der Waals surface area contributed by atoms with Gasteiger partial charge in [-0.1, -0.05) is 11.3 Å². The Hall–Kier alpha value is -2.94. The van der Waals surface area contributed by atoms with Crippen LogP contribution >= 0.6 is 11.3 Å². The van der Waals surface area contributed by atoms with Gasteiger partial charge in [0.1, 0.15) is 10.3 Å². The number of halogens is 1. The highest BCUT2D eigenvalue weighted by molar-refractivity contribution is 7.21. The number of fused-ring (bicyclic) bond motifs is 1. The fraction of sp³-hybridized carbons (Fsp3) is 0. The van der Waals surface area contributed by atoms with Gasteiger partial charge in [-0.05, 0) is 18.2 Å². The van der Waals surface area contributed by atoms with Gasteiger partial charge in [-0.25, -0.2) is 19.2 Å². The van der Waals surface area contributed by atoms with Gasteiger partial charge < -0.3 is 15.6 Å². The van der Waals surface area contributed by atoms with E-state index in [0.29, 0.717) is 15.5 Å². The Bertz CT molecular complexity index is 868. The summed E-state index contributed by atoms with van der Waals surface area (Å²) >= 11 is 1.20. The van der Waals surface area contributed by atoms with E-state index in [1.165, 1.54) is 23.5 Å². The van der Waals surface area contributed by atoms with E-state index in [4.69, 9.17) is 15.6 Å². The first kappa shape index (κ1) is 14.0. The highest BCUT2D eigenvalue weighted by Gasteiger charge is 2.10. The quantitative estimate of drug-likeness (QED) is 0.683. The van der Waals surface area contributed by atoms with Crippen molar-refractivity contribution in [1.82, 2.24) is 9.97 Å². The zero-order valence-corrected chi connectivity index (χ0v) is 11.7. The predicted octanol–water partition coefficient (Wildman–Crippen LogP) is 3.29. The number of amides is 1. The third-order valence-electron chi connectivity index (χ3n) is 2.64. The number of hydrogen-bond donors (Lipinski definition) is 3. The summed E-state index contributed by atoms with van der Waals surface area (Å²) < 4.78 is 19.3. The molecule has 0 bridgehead atoms. The largest absolute Gasteiger partial charge is 0.465 e. The molecule has 3 aromatic rings. The van der Waals surface area contributed by atoms with Crippen LogP contribution in [0, 0.1) is 5.82 Å². The van der Waals surface area contributed by atoms with Crippen molar-refractivity contribution in [2.75, 3.05) is 11.1 Å². The third-order valence-corrected chi connectivity index (χ3v) is 3.44. The fourth-order valence-electron chi connectivity index (χ4n) is 1.77. The van der Waals surface area contributed by atoms with E-state index in [9.17, 15) is 9.18 Å². The molecule has 1 amide bonds. The Morgan fingerprint density at radius 1 is 1.32 bits per heavy atom. The van der Waals surface area contributed by atoms with Gasteiger partial charge in [-0.2, -0.15) is 0 Å². The molecular formula is C13H9FN4O3S. The van der Waals surface area contributed by atoms with Crippen LogP contribution in [0.4, 0.5) is 20.0 Å². The summed E-state index contributed by atoms with van der Waals surface area (Å²) in [6.45, 7) is 0. The fourth-order valence-corrected chi connectivity index (χ4v) is 2.47. The molecule has 0 spiro atoms. The van der Waals surface area contributed by atoms with Crippen molar-refractivity contribution in [3.8, 4) is 11.6 Å². The maximum absolute atomic E-state index is 13.9. The molecule has 2 heterocycles. The maximum atomic E-state index is 13.9. The molecule has 9 heteroatoms.